The van der Waals surface area contributed by atoms with Crippen molar-refractivity contribution in [3.8, 4) is 11.5 Å². The number of nitrogens with one attached hydrogen (secondary N) is 1. The first-order chi connectivity index (χ1) is 9.29. The first-order valence-corrected chi connectivity index (χ1v) is 6.96. The minimum absolute atomic E-state index is 0.281. The lowest BCUT2D eigenvalue weighted by Crippen LogP contribution is -2.26. The predicted octanol–water partition coefficient (Wildman–Crippen LogP) is 1.25. The molecule has 0 radical (unpaired) electrons. The summed E-state index contributed by atoms with van der Waals surface area (Å²) >= 11 is 1.55. The average Bonchev–Trinajstić information content (AvgIpc) is 2.63. The molecule has 0 unspecified atom stereocenters. The molecule has 1 aromatic rings. The van der Waals surface area contributed by atoms with Gasteiger partial charge in [0.15, 0.2) is 11.5 Å². The molecule has 0 aromatic heterocycles. The molecule has 0 saturated heterocycles. The second-order valence-electron chi connectivity index (χ2n) is 3.85. The Labute approximate surface area is 115 Å². The largest absolute Gasteiger partial charge is 0.490 e. The minimum atomic E-state index is -0.385. The van der Waals surface area contributed by atoms with Gasteiger partial charge in [0, 0.05) is 17.1 Å². The summed E-state index contributed by atoms with van der Waals surface area (Å²) in [4.78, 5) is 16.5. The fourth-order valence-electron chi connectivity index (χ4n) is 1.60. The second-order valence-corrected chi connectivity index (χ2v) is 5.02. The molecule has 0 atom stereocenters. The zero-order valence-electron chi connectivity index (χ0n) is 10.4. The smallest absolute Gasteiger partial charge is 0.327 e. The molecule has 0 aliphatic carbocycles. The molecule has 0 amide bonds. The van der Waals surface area contributed by atoms with E-state index in [0.717, 1.165) is 22.8 Å². The highest BCUT2D eigenvalue weighted by Crippen LogP contribution is 2.33. The Balaban J connectivity index is 1.87. The van der Waals surface area contributed by atoms with Crippen LogP contribution in [0.5, 0.6) is 11.5 Å². The van der Waals surface area contributed by atoms with Crippen LogP contribution in [0.1, 0.15) is 12.8 Å². The molecule has 19 heavy (non-hydrogen) atoms. The Bertz CT molecular complexity index is 442. The summed E-state index contributed by atoms with van der Waals surface area (Å²) in [6.07, 6.45) is 1.17. The maximum atomic E-state index is 11.1. The standard InChI is InChI=1S/C12H16N2O4S/c13-14-18-12(15)4-7-19-9-2-3-10-11(8-9)17-6-1-5-16-10/h2-3,8,14H,1,4-7,13H2. The average molecular weight is 284 g/mol. The topological polar surface area (TPSA) is 82.8 Å². The fourth-order valence-corrected chi connectivity index (χ4v) is 2.46. The van der Waals surface area contributed by atoms with Crippen molar-refractivity contribution in [1.29, 1.82) is 0 Å². The lowest BCUT2D eigenvalue weighted by molar-refractivity contribution is -0.150. The number of hydrogen-bond acceptors (Lipinski definition) is 7. The second kappa shape index (κ2) is 7.22. The van der Waals surface area contributed by atoms with Gasteiger partial charge in [-0.25, -0.2) is 5.84 Å². The summed E-state index contributed by atoms with van der Waals surface area (Å²) in [5.74, 6) is 6.63. The summed E-state index contributed by atoms with van der Waals surface area (Å²) < 4.78 is 11.1. The van der Waals surface area contributed by atoms with Crippen molar-refractivity contribution in [3.05, 3.63) is 18.2 Å². The molecular formula is C12H16N2O4S. The van der Waals surface area contributed by atoms with Crippen LogP contribution in [-0.2, 0) is 9.63 Å². The first-order valence-electron chi connectivity index (χ1n) is 5.97. The van der Waals surface area contributed by atoms with Crippen molar-refractivity contribution in [3.63, 3.8) is 0 Å². The minimum Gasteiger partial charge on any atom is -0.490 e. The number of hydrogen-bond donors (Lipinski definition) is 2. The van der Waals surface area contributed by atoms with Gasteiger partial charge in [-0.1, -0.05) is 5.59 Å². The van der Waals surface area contributed by atoms with Crippen LogP contribution >= 0.6 is 11.8 Å². The number of rotatable bonds is 5. The van der Waals surface area contributed by atoms with E-state index in [2.05, 4.69) is 4.84 Å². The number of fused-ring (bicyclic) bond motifs is 1. The third-order valence-electron chi connectivity index (χ3n) is 2.47. The van der Waals surface area contributed by atoms with E-state index >= 15 is 0 Å². The van der Waals surface area contributed by atoms with E-state index in [0.29, 0.717) is 19.0 Å². The maximum Gasteiger partial charge on any atom is 0.327 e. The fraction of sp³-hybridized carbons (Fsp3) is 0.417. The molecule has 7 heteroatoms. The van der Waals surface area contributed by atoms with Gasteiger partial charge in [0.25, 0.3) is 0 Å². The Morgan fingerprint density at radius 3 is 2.95 bits per heavy atom. The van der Waals surface area contributed by atoms with Crippen LogP contribution in [0, 0.1) is 0 Å². The van der Waals surface area contributed by atoms with Crippen LogP contribution in [0.3, 0.4) is 0 Å². The van der Waals surface area contributed by atoms with E-state index < -0.39 is 0 Å². The molecule has 2 rings (SSSR count). The summed E-state index contributed by atoms with van der Waals surface area (Å²) in [5, 5.41) is 0. The first kappa shape index (κ1) is 14.0. The van der Waals surface area contributed by atoms with Crippen LogP contribution < -0.4 is 20.9 Å². The number of hydrazine groups is 1. The van der Waals surface area contributed by atoms with Crippen LogP contribution in [-0.4, -0.2) is 24.9 Å². The van der Waals surface area contributed by atoms with Gasteiger partial charge in [-0.2, -0.15) is 0 Å². The van der Waals surface area contributed by atoms with Gasteiger partial charge in [0.2, 0.25) is 0 Å². The number of thioether (sulfide) groups is 1. The van der Waals surface area contributed by atoms with Gasteiger partial charge in [0.05, 0.1) is 19.6 Å². The highest BCUT2D eigenvalue weighted by Gasteiger charge is 2.11. The van der Waals surface area contributed by atoms with Crippen LogP contribution in [0.4, 0.5) is 0 Å². The van der Waals surface area contributed by atoms with Crippen LogP contribution in [0.15, 0.2) is 23.1 Å². The van der Waals surface area contributed by atoms with Gasteiger partial charge in [0.1, 0.15) is 0 Å². The van der Waals surface area contributed by atoms with Gasteiger partial charge >= 0.3 is 5.97 Å². The zero-order valence-corrected chi connectivity index (χ0v) is 11.2. The third-order valence-corrected chi connectivity index (χ3v) is 3.46. The molecule has 1 aliphatic heterocycles. The van der Waals surface area contributed by atoms with E-state index in [1.165, 1.54) is 0 Å². The Kier molecular flexibility index (Phi) is 5.31. The van der Waals surface area contributed by atoms with Crippen molar-refractivity contribution in [1.82, 2.24) is 5.59 Å². The van der Waals surface area contributed by atoms with Crippen molar-refractivity contribution >= 4 is 17.7 Å². The molecule has 1 aromatic carbocycles. The van der Waals surface area contributed by atoms with Crippen LogP contribution in [0.2, 0.25) is 0 Å². The Hall–Kier alpha value is -1.44. The Morgan fingerprint density at radius 2 is 2.16 bits per heavy atom. The third kappa shape index (κ3) is 4.30. The van der Waals surface area contributed by atoms with Crippen molar-refractivity contribution in [2.75, 3.05) is 19.0 Å². The lowest BCUT2D eigenvalue weighted by atomic mass is 10.3. The van der Waals surface area contributed by atoms with Gasteiger partial charge in [-0.05, 0) is 18.2 Å². The molecule has 1 aliphatic rings. The van der Waals surface area contributed by atoms with Crippen molar-refractivity contribution < 1.29 is 19.1 Å². The molecule has 0 saturated carbocycles. The summed E-state index contributed by atoms with van der Waals surface area (Å²) in [7, 11) is 0. The zero-order chi connectivity index (χ0) is 13.5. The lowest BCUT2D eigenvalue weighted by Gasteiger charge is -2.08. The van der Waals surface area contributed by atoms with E-state index in [4.69, 9.17) is 15.3 Å². The molecule has 104 valence electrons. The molecular weight excluding hydrogens is 268 g/mol. The SMILES string of the molecule is NNOC(=O)CCSc1ccc2c(c1)OCCCO2. The molecule has 0 fully saturated rings. The molecule has 3 N–H and O–H groups in total. The van der Waals surface area contributed by atoms with E-state index in [-0.39, 0.29) is 12.4 Å². The molecule has 6 nitrogen and oxygen atoms in total. The van der Waals surface area contributed by atoms with Crippen LogP contribution in [0.25, 0.3) is 0 Å². The maximum absolute atomic E-state index is 11.1. The quantitative estimate of drug-likeness (QED) is 0.478. The van der Waals surface area contributed by atoms with Gasteiger partial charge in [-0.3, -0.25) is 4.79 Å². The number of carbonyl (C=O) groups is 1. The van der Waals surface area contributed by atoms with Crippen molar-refractivity contribution in [2.45, 2.75) is 17.7 Å². The molecule has 1 heterocycles. The number of carbonyl (C=O) groups excluding carboxylic acids is 1. The van der Waals surface area contributed by atoms with E-state index in [1.54, 1.807) is 11.8 Å². The summed E-state index contributed by atoms with van der Waals surface area (Å²) in [5.41, 5.74) is 1.87. The molecule has 0 spiro atoms. The summed E-state index contributed by atoms with van der Waals surface area (Å²) in [6, 6.07) is 5.77. The van der Waals surface area contributed by atoms with E-state index in [9.17, 15) is 4.79 Å². The number of benzene rings is 1. The van der Waals surface area contributed by atoms with Gasteiger partial charge < -0.3 is 14.3 Å². The highest BCUT2D eigenvalue weighted by molar-refractivity contribution is 7.99. The number of ether oxygens (including phenoxy) is 2. The Morgan fingerprint density at radius 1 is 1.37 bits per heavy atom. The monoisotopic (exact) mass is 284 g/mol. The normalized spacial score (nSPS) is 13.7. The van der Waals surface area contributed by atoms with Gasteiger partial charge in [-0.15, -0.1) is 11.8 Å². The highest BCUT2D eigenvalue weighted by atomic mass is 32.2. The molecule has 0 bridgehead atoms. The number of nitrogens with two attached hydrogens (primary N) is 1. The van der Waals surface area contributed by atoms with Crippen molar-refractivity contribution in [2.24, 2.45) is 5.84 Å². The predicted molar refractivity (Wildman–Crippen MR) is 70.8 cm³/mol. The summed E-state index contributed by atoms with van der Waals surface area (Å²) in [6.45, 7) is 1.34. The van der Waals surface area contributed by atoms with E-state index in [1.807, 2.05) is 23.8 Å².